The van der Waals surface area contributed by atoms with Gasteiger partial charge in [0.15, 0.2) is 5.78 Å². The minimum absolute atomic E-state index is 0.145. The second kappa shape index (κ2) is 8.59. The van der Waals surface area contributed by atoms with Crippen LogP contribution in [-0.2, 0) is 23.0 Å². The fraction of sp³-hybridized carbons (Fsp3) is 0.167. The molecule has 0 fully saturated rings. The lowest BCUT2D eigenvalue weighted by atomic mass is 10.1. The first kappa shape index (κ1) is 20.1. The van der Waals surface area contributed by atoms with E-state index in [2.05, 4.69) is 14.9 Å². The van der Waals surface area contributed by atoms with Crippen LogP contribution in [0.5, 0.6) is 0 Å². The van der Waals surface area contributed by atoms with Crippen LogP contribution in [0.15, 0.2) is 58.2 Å². The van der Waals surface area contributed by atoms with E-state index >= 15 is 0 Å². The Balaban J connectivity index is 1.59. The molecule has 0 radical (unpaired) electrons. The lowest BCUT2D eigenvalue weighted by molar-refractivity contribution is 0.0977. The number of aryl methyl sites for hydroxylation is 1. The molecule has 0 aliphatic rings. The monoisotopic (exact) mass is 423 g/mol. The number of hydrogen-bond acceptors (Lipinski definition) is 6. The molecule has 0 spiro atoms. The number of nitrogens with one attached hydrogen (secondary N) is 1. The molecule has 0 saturated heterocycles. The lowest BCUT2D eigenvalue weighted by Gasteiger charge is -2.07. The zero-order valence-electron chi connectivity index (χ0n) is 14.4. The number of hydrogen-bond donors (Lipinski definition) is 1. The van der Waals surface area contributed by atoms with Gasteiger partial charge < -0.3 is 4.42 Å². The van der Waals surface area contributed by atoms with Crippen molar-refractivity contribution in [2.75, 3.05) is 0 Å². The molecule has 1 N–H and O–H groups in total. The van der Waals surface area contributed by atoms with Gasteiger partial charge in [0.1, 0.15) is 11.5 Å². The van der Waals surface area contributed by atoms with E-state index in [1.807, 2.05) is 0 Å². The fourth-order valence-corrected chi connectivity index (χ4v) is 3.59. The number of carbonyl (C=O) groups excluding carboxylic acids is 1. The number of Topliss-reactive ketones (excluding diaryl/α,β-unsaturated/α-hetero) is 1. The molecule has 0 aliphatic carbocycles. The van der Waals surface area contributed by atoms with Gasteiger partial charge in [-0.25, -0.2) is 17.5 Å². The van der Waals surface area contributed by atoms with Gasteiger partial charge in [-0.2, -0.15) is 5.10 Å². The Labute approximate surface area is 165 Å². The number of nitrogens with zero attached hydrogens (tertiary/aromatic N) is 2. The van der Waals surface area contributed by atoms with Gasteiger partial charge in [-0.05, 0) is 48.4 Å². The number of rotatable bonds is 8. The van der Waals surface area contributed by atoms with Crippen molar-refractivity contribution in [1.29, 1.82) is 0 Å². The molecule has 0 bridgehead atoms. The van der Waals surface area contributed by atoms with Gasteiger partial charge in [0.2, 0.25) is 10.0 Å². The first-order valence-corrected chi connectivity index (χ1v) is 10.0. The molecule has 0 unspecified atom stereocenters. The summed E-state index contributed by atoms with van der Waals surface area (Å²) in [6.07, 6.45) is 3.89. The van der Waals surface area contributed by atoms with Crippen LogP contribution in [0.4, 0.5) is 4.39 Å². The van der Waals surface area contributed by atoms with Gasteiger partial charge in [-0.1, -0.05) is 11.6 Å². The summed E-state index contributed by atoms with van der Waals surface area (Å²) in [7, 11) is -3.90. The van der Waals surface area contributed by atoms with Crippen molar-refractivity contribution in [3.05, 3.63) is 76.7 Å². The first-order chi connectivity index (χ1) is 13.3. The number of furan rings is 1. The van der Waals surface area contributed by atoms with E-state index in [4.69, 9.17) is 16.0 Å². The third kappa shape index (κ3) is 5.00. The van der Waals surface area contributed by atoms with Gasteiger partial charge in [-0.3, -0.25) is 4.79 Å². The van der Waals surface area contributed by atoms with Crippen molar-refractivity contribution in [3.63, 3.8) is 0 Å². The molecule has 0 saturated carbocycles. The summed E-state index contributed by atoms with van der Waals surface area (Å²) < 4.78 is 44.9. The Kier molecular flexibility index (Phi) is 6.18. The van der Waals surface area contributed by atoms with Gasteiger partial charge in [0.05, 0.1) is 34.7 Å². The predicted molar refractivity (Wildman–Crippen MR) is 98.8 cm³/mol. The summed E-state index contributed by atoms with van der Waals surface area (Å²) in [6, 6.07) is 7.88. The highest BCUT2D eigenvalue weighted by Gasteiger charge is 2.16. The van der Waals surface area contributed by atoms with Crippen LogP contribution in [0.25, 0.3) is 0 Å². The molecule has 3 aromatic rings. The number of carbonyl (C=O) groups is 1. The number of ketones is 1. The maximum atomic E-state index is 13.2. The Morgan fingerprint density at radius 2 is 2.00 bits per heavy atom. The van der Waals surface area contributed by atoms with Crippen molar-refractivity contribution >= 4 is 27.4 Å². The minimum atomic E-state index is -3.90. The molecule has 0 atom stereocenters. The van der Waals surface area contributed by atoms with E-state index in [1.54, 1.807) is 12.3 Å². The van der Waals surface area contributed by atoms with Crippen LogP contribution in [0.3, 0.4) is 0 Å². The average molecular weight is 424 g/mol. The quantitative estimate of drug-likeness (QED) is 0.558. The lowest BCUT2D eigenvalue weighted by Crippen LogP contribution is -2.24. The van der Waals surface area contributed by atoms with Crippen molar-refractivity contribution in [2.24, 2.45) is 0 Å². The maximum Gasteiger partial charge on any atom is 0.240 e. The third-order valence-electron chi connectivity index (χ3n) is 3.87. The molecule has 0 amide bonds. The van der Waals surface area contributed by atoms with E-state index in [0.29, 0.717) is 12.1 Å². The van der Waals surface area contributed by atoms with Crippen molar-refractivity contribution in [2.45, 2.75) is 24.3 Å². The number of benzene rings is 1. The molecule has 2 aromatic heterocycles. The normalized spacial score (nSPS) is 11.5. The Morgan fingerprint density at radius 1 is 1.18 bits per heavy atom. The Morgan fingerprint density at radius 3 is 2.64 bits per heavy atom. The van der Waals surface area contributed by atoms with Gasteiger partial charge >= 0.3 is 0 Å². The number of sulfonamides is 1. The van der Waals surface area contributed by atoms with E-state index < -0.39 is 15.8 Å². The molecule has 1 aromatic carbocycles. The summed E-state index contributed by atoms with van der Waals surface area (Å²) in [4.78, 5) is 12.0. The second-order valence-corrected chi connectivity index (χ2v) is 8.04. The van der Waals surface area contributed by atoms with E-state index in [9.17, 15) is 17.6 Å². The predicted octanol–water partition coefficient (Wildman–Crippen LogP) is 3.16. The summed E-state index contributed by atoms with van der Waals surface area (Å²) in [5, 5.41) is 7.43. The molecular formula is C18H15ClFN3O4S. The highest BCUT2D eigenvalue weighted by atomic mass is 35.5. The van der Waals surface area contributed by atoms with Crippen molar-refractivity contribution in [3.8, 4) is 0 Å². The summed E-state index contributed by atoms with van der Waals surface area (Å²) in [6.45, 7) is -0.145. The van der Waals surface area contributed by atoms with Crippen LogP contribution in [0, 0.1) is 5.82 Å². The van der Waals surface area contributed by atoms with Crippen LogP contribution in [0.2, 0.25) is 5.02 Å². The number of halogens is 2. The summed E-state index contributed by atoms with van der Waals surface area (Å²) in [5.74, 6) is -0.888. The van der Waals surface area contributed by atoms with E-state index in [0.717, 1.165) is 23.8 Å². The SMILES string of the molecule is O=C(CCc1ccoc1)c1ccc(CNS(=O)(=O)c2ccc(F)c(Cl)c2)nn1. The largest absolute Gasteiger partial charge is 0.472 e. The topological polar surface area (TPSA) is 102 Å². The molecular weight excluding hydrogens is 409 g/mol. The maximum absolute atomic E-state index is 13.2. The summed E-state index contributed by atoms with van der Waals surface area (Å²) >= 11 is 5.62. The van der Waals surface area contributed by atoms with E-state index in [1.165, 1.54) is 18.4 Å². The zero-order valence-corrected chi connectivity index (χ0v) is 16.0. The standard InChI is InChI=1S/C18H15ClFN3O4S/c19-15-9-14(3-4-16(15)20)28(25,26)21-10-13-2-5-17(23-22-13)18(24)6-1-12-7-8-27-11-12/h2-5,7-9,11,21H,1,6,10H2. The summed E-state index contributed by atoms with van der Waals surface area (Å²) in [5.41, 5.74) is 1.43. The molecule has 2 heterocycles. The van der Waals surface area contributed by atoms with Gasteiger partial charge in [0, 0.05) is 6.42 Å². The third-order valence-corrected chi connectivity index (χ3v) is 5.56. The Hall–Kier alpha value is -2.62. The van der Waals surface area contributed by atoms with Crippen molar-refractivity contribution in [1.82, 2.24) is 14.9 Å². The smallest absolute Gasteiger partial charge is 0.240 e. The highest BCUT2D eigenvalue weighted by molar-refractivity contribution is 7.89. The van der Waals surface area contributed by atoms with Crippen LogP contribution < -0.4 is 4.72 Å². The molecule has 3 rings (SSSR count). The zero-order chi connectivity index (χ0) is 20.1. The average Bonchev–Trinajstić information content (AvgIpc) is 3.20. The van der Waals surface area contributed by atoms with Crippen LogP contribution in [-0.4, -0.2) is 24.4 Å². The first-order valence-electron chi connectivity index (χ1n) is 8.17. The fourth-order valence-electron chi connectivity index (χ4n) is 2.32. The molecule has 10 heteroatoms. The molecule has 7 nitrogen and oxygen atoms in total. The van der Waals surface area contributed by atoms with E-state index in [-0.39, 0.29) is 34.4 Å². The molecule has 0 aliphatic heterocycles. The Bertz CT molecular complexity index is 1070. The molecule has 28 heavy (non-hydrogen) atoms. The van der Waals surface area contributed by atoms with Crippen molar-refractivity contribution < 1.29 is 22.0 Å². The van der Waals surface area contributed by atoms with Gasteiger partial charge in [0.25, 0.3) is 0 Å². The second-order valence-electron chi connectivity index (χ2n) is 5.87. The molecule has 146 valence electrons. The number of aromatic nitrogens is 2. The minimum Gasteiger partial charge on any atom is -0.472 e. The van der Waals surface area contributed by atoms with Crippen LogP contribution >= 0.6 is 11.6 Å². The van der Waals surface area contributed by atoms with Gasteiger partial charge in [-0.15, -0.1) is 5.10 Å². The highest BCUT2D eigenvalue weighted by Crippen LogP contribution is 2.19. The van der Waals surface area contributed by atoms with Crippen LogP contribution in [0.1, 0.15) is 28.2 Å².